The quantitative estimate of drug-likeness (QED) is 0.496. The average molecular weight is 193 g/mol. The normalized spacial score (nSPS) is 8.92. The first kappa shape index (κ1) is 9.68. The molecule has 0 unspecified atom stereocenters. The van der Waals surface area contributed by atoms with Gasteiger partial charge in [0, 0.05) is 6.07 Å². The summed E-state index contributed by atoms with van der Waals surface area (Å²) in [6.45, 7) is 0. The Bertz CT molecular complexity index is 310. The number of aromatic nitrogens is 2. The van der Waals surface area contributed by atoms with Crippen molar-refractivity contribution in [2.24, 2.45) is 0 Å². The third-order valence-electron chi connectivity index (χ3n) is 1.63. The van der Waals surface area contributed by atoms with Gasteiger partial charge in [-0.25, -0.2) is 4.57 Å². The minimum atomic E-state index is 0. The first-order chi connectivity index (χ1) is 5.97. The van der Waals surface area contributed by atoms with Crippen LogP contribution in [0.5, 0.6) is 0 Å². The van der Waals surface area contributed by atoms with Gasteiger partial charge in [0.05, 0.1) is 12.4 Å². The van der Waals surface area contributed by atoms with E-state index in [9.17, 15) is 0 Å². The second-order valence-electron chi connectivity index (χ2n) is 2.47. The number of halogens is 1. The summed E-state index contributed by atoms with van der Waals surface area (Å²) in [7, 11) is 0. The number of nitrogens with zero attached hydrogens (tertiary/aromatic N) is 2. The van der Waals surface area contributed by atoms with E-state index in [0.717, 1.165) is 5.82 Å². The van der Waals surface area contributed by atoms with Crippen LogP contribution in [0.25, 0.3) is 5.82 Å². The van der Waals surface area contributed by atoms with Crippen molar-refractivity contribution in [2.45, 2.75) is 0 Å². The van der Waals surface area contributed by atoms with Crippen LogP contribution in [0.15, 0.2) is 55.0 Å². The van der Waals surface area contributed by atoms with Crippen LogP contribution in [-0.4, -0.2) is 4.98 Å². The highest BCUT2D eigenvalue weighted by Crippen LogP contribution is 1.91. The maximum Gasteiger partial charge on any atom is 0.327 e. The zero-order valence-corrected chi connectivity index (χ0v) is 7.72. The second-order valence-corrected chi connectivity index (χ2v) is 2.47. The van der Waals surface area contributed by atoms with Crippen molar-refractivity contribution >= 4 is 0 Å². The third kappa shape index (κ3) is 2.26. The predicted octanol–water partition coefficient (Wildman–Crippen LogP) is -1.64. The van der Waals surface area contributed by atoms with E-state index >= 15 is 0 Å². The lowest BCUT2D eigenvalue weighted by Crippen LogP contribution is -3.00. The van der Waals surface area contributed by atoms with Crippen molar-refractivity contribution in [3.05, 3.63) is 55.0 Å². The molecule has 2 aromatic rings. The molecule has 0 aliphatic rings. The molecule has 0 N–H and O–H groups in total. The van der Waals surface area contributed by atoms with Crippen molar-refractivity contribution in [3.8, 4) is 5.82 Å². The fourth-order valence-electron chi connectivity index (χ4n) is 1.06. The summed E-state index contributed by atoms with van der Waals surface area (Å²) >= 11 is 0. The highest BCUT2D eigenvalue weighted by molar-refractivity contribution is 5.09. The molecule has 0 amide bonds. The highest BCUT2D eigenvalue weighted by atomic mass is 35.5. The maximum atomic E-state index is 4.21. The molecule has 2 nitrogen and oxygen atoms in total. The Kier molecular flexibility index (Phi) is 3.41. The van der Waals surface area contributed by atoms with E-state index in [1.807, 2.05) is 53.4 Å². The molecule has 0 aliphatic carbocycles. The van der Waals surface area contributed by atoms with Crippen LogP contribution in [0.1, 0.15) is 0 Å². The smallest absolute Gasteiger partial charge is 0.327 e. The SMILES string of the molecule is [Cl-].c1cc[n+](-c2ccccn2)cc1. The van der Waals surface area contributed by atoms with Gasteiger partial charge in [0.15, 0.2) is 0 Å². The van der Waals surface area contributed by atoms with E-state index < -0.39 is 0 Å². The molecule has 0 saturated carbocycles. The zero-order valence-electron chi connectivity index (χ0n) is 6.97. The third-order valence-corrected chi connectivity index (χ3v) is 1.63. The molecule has 0 saturated heterocycles. The van der Waals surface area contributed by atoms with Gasteiger partial charge in [-0.05, 0) is 23.2 Å². The molecule has 3 heteroatoms. The van der Waals surface area contributed by atoms with Crippen molar-refractivity contribution < 1.29 is 17.0 Å². The standard InChI is InChI=1S/C10H9N2.ClH/c1-4-8-12(9-5-1)10-6-2-3-7-11-10;/h1-9H;1H/q+1;/p-1. The summed E-state index contributed by atoms with van der Waals surface area (Å²) in [6.07, 6.45) is 5.74. The molecule has 0 fully saturated rings. The Balaban J connectivity index is 0.000000845. The first-order valence-electron chi connectivity index (χ1n) is 3.84. The molecular formula is C10H9ClN2. The Labute approximate surface area is 83.3 Å². The average Bonchev–Trinajstić information content (AvgIpc) is 2.21. The lowest BCUT2D eigenvalue weighted by atomic mass is 10.4. The Morgan fingerprint density at radius 2 is 1.69 bits per heavy atom. The molecular weight excluding hydrogens is 184 g/mol. The fourth-order valence-corrected chi connectivity index (χ4v) is 1.06. The summed E-state index contributed by atoms with van der Waals surface area (Å²) in [4.78, 5) is 4.21. The van der Waals surface area contributed by atoms with Crippen LogP contribution >= 0.6 is 0 Å². The minimum Gasteiger partial charge on any atom is -1.00 e. The van der Waals surface area contributed by atoms with Gasteiger partial charge in [0.1, 0.15) is 6.20 Å². The monoisotopic (exact) mass is 192 g/mol. The molecule has 13 heavy (non-hydrogen) atoms. The van der Waals surface area contributed by atoms with Crippen molar-refractivity contribution in [1.29, 1.82) is 0 Å². The highest BCUT2D eigenvalue weighted by Gasteiger charge is 2.01. The molecule has 0 atom stereocenters. The molecule has 2 rings (SSSR count). The lowest BCUT2D eigenvalue weighted by molar-refractivity contribution is -0.599. The van der Waals surface area contributed by atoms with Gasteiger partial charge in [-0.2, -0.15) is 0 Å². The van der Waals surface area contributed by atoms with E-state index in [1.54, 1.807) is 6.20 Å². The van der Waals surface area contributed by atoms with Crippen LogP contribution in [0.4, 0.5) is 0 Å². The molecule has 0 spiro atoms. The van der Waals surface area contributed by atoms with E-state index in [0.29, 0.717) is 0 Å². The van der Waals surface area contributed by atoms with Gasteiger partial charge in [-0.3, -0.25) is 0 Å². The van der Waals surface area contributed by atoms with Crippen LogP contribution in [0.3, 0.4) is 0 Å². The number of hydrogen-bond acceptors (Lipinski definition) is 1. The Hall–Kier alpha value is -1.41. The first-order valence-corrected chi connectivity index (χ1v) is 3.84. The van der Waals surface area contributed by atoms with Crippen LogP contribution in [0.2, 0.25) is 0 Å². The second kappa shape index (κ2) is 4.58. The Morgan fingerprint density at radius 1 is 0.923 bits per heavy atom. The van der Waals surface area contributed by atoms with E-state index in [1.165, 1.54) is 0 Å². The topological polar surface area (TPSA) is 16.8 Å². The molecule has 66 valence electrons. The maximum absolute atomic E-state index is 4.21. The van der Waals surface area contributed by atoms with Gasteiger partial charge >= 0.3 is 5.82 Å². The molecule has 2 heterocycles. The summed E-state index contributed by atoms with van der Waals surface area (Å²) < 4.78 is 1.97. The summed E-state index contributed by atoms with van der Waals surface area (Å²) in [5, 5.41) is 0. The van der Waals surface area contributed by atoms with Gasteiger partial charge in [0.2, 0.25) is 0 Å². The van der Waals surface area contributed by atoms with E-state index in [-0.39, 0.29) is 12.4 Å². The van der Waals surface area contributed by atoms with Crippen molar-refractivity contribution in [1.82, 2.24) is 4.98 Å². The molecule has 2 aromatic heterocycles. The van der Waals surface area contributed by atoms with Crippen molar-refractivity contribution in [2.75, 3.05) is 0 Å². The van der Waals surface area contributed by atoms with Crippen LogP contribution < -0.4 is 17.0 Å². The summed E-state index contributed by atoms with van der Waals surface area (Å²) in [5.74, 6) is 0.943. The summed E-state index contributed by atoms with van der Waals surface area (Å²) in [6, 6.07) is 11.8. The molecule has 0 radical (unpaired) electrons. The predicted molar refractivity (Wildman–Crippen MR) is 45.8 cm³/mol. The van der Waals surface area contributed by atoms with Gasteiger partial charge < -0.3 is 12.4 Å². The number of pyridine rings is 2. The summed E-state index contributed by atoms with van der Waals surface area (Å²) in [5.41, 5.74) is 0. The number of hydrogen-bond donors (Lipinski definition) is 0. The van der Waals surface area contributed by atoms with Crippen LogP contribution in [0, 0.1) is 0 Å². The van der Waals surface area contributed by atoms with Crippen molar-refractivity contribution in [3.63, 3.8) is 0 Å². The molecule has 0 aromatic carbocycles. The van der Waals surface area contributed by atoms with Gasteiger partial charge in [-0.1, -0.05) is 12.1 Å². The van der Waals surface area contributed by atoms with Crippen LogP contribution in [-0.2, 0) is 0 Å². The number of rotatable bonds is 1. The van der Waals surface area contributed by atoms with E-state index in [4.69, 9.17) is 0 Å². The fraction of sp³-hybridized carbons (Fsp3) is 0. The van der Waals surface area contributed by atoms with Gasteiger partial charge in [-0.15, -0.1) is 0 Å². The Morgan fingerprint density at radius 3 is 2.31 bits per heavy atom. The van der Waals surface area contributed by atoms with Gasteiger partial charge in [0.25, 0.3) is 0 Å². The minimum absolute atomic E-state index is 0. The molecule has 0 bridgehead atoms. The largest absolute Gasteiger partial charge is 1.00 e. The van der Waals surface area contributed by atoms with E-state index in [2.05, 4.69) is 4.98 Å². The molecule has 0 aliphatic heterocycles. The zero-order chi connectivity index (χ0) is 8.23. The lowest BCUT2D eigenvalue weighted by Gasteiger charge is -1.91.